The standard InChI is InChI=1S/C14H23N3S/c1-4-18-13-6-5-12(9-13)17-11(3)14-10(2)15-7-8-16-14/h7-8,11-13,17H,4-6,9H2,1-3H3/t11-,12+,13-/m1/s1. The van der Waals surface area contributed by atoms with Gasteiger partial charge in [0, 0.05) is 29.7 Å². The number of aryl methyl sites for hydroxylation is 1. The van der Waals surface area contributed by atoms with E-state index in [9.17, 15) is 0 Å². The predicted octanol–water partition coefficient (Wildman–Crippen LogP) is 3.11. The quantitative estimate of drug-likeness (QED) is 0.887. The Kier molecular flexibility index (Phi) is 5.01. The molecule has 0 bridgehead atoms. The molecule has 1 heterocycles. The van der Waals surface area contributed by atoms with E-state index in [2.05, 4.69) is 40.9 Å². The fraction of sp³-hybridized carbons (Fsp3) is 0.714. The summed E-state index contributed by atoms with van der Waals surface area (Å²) < 4.78 is 0. The Morgan fingerprint density at radius 1 is 1.39 bits per heavy atom. The van der Waals surface area contributed by atoms with Crippen molar-refractivity contribution in [1.82, 2.24) is 15.3 Å². The molecule has 1 aliphatic rings. The van der Waals surface area contributed by atoms with Crippen molar-refractivity contribution in [2.45, 2.75) is 57.4 Å². The van der Waals surface area contributed by atoms with Crippen LogP contribution >= 0.6 is 11.8 Å². The Hall–Kier alpha value is -0.610. The smallest absolute Gasteiger partial charge is 0.0782 e. The maximum absolute atomic E-state index is 4.45. The van der Waals surface area contributed by atoms with Gasteiger partial charge in [0.25, 0.3) is 0 Å². The van der Waals surface area contributed by atoms with Crippen LogP contribution in [-0.2, 0) is 0 Å². The van der Waals surface area contributed by atoms with Gasteiger partial charge in [-0.3, -0.25) is 9.97 Å². The van der Waals surface area contributed by atoms with Gasteiger partial charge in [0.05, 0.1) is 11.4 Å². The lowest BCUT2D eigenvalue weighted by atomic mass is 10.1. The van der Waals surface area contributed by atoms with Crippen LogP contribution in [0.3, 0.4) is 0 Å². The number of rotatable bonds is 5. The molecule has 0 radical (unpaired) electrons. The summed E-state index contributed by atoms with van der Waals surface area (Å²) >= 11 is 2.10. The first-order valence-corrected chi connectivity index (χ1v) is 7.90. The fourth-order valence-electron chi connectivity index (χ4n) is 2.75. The molecular formula is C14H23N3S. The highest BCUT2D eigenvalue weighted by Crippen LogP contribution is 2.30. The van der Waals surface area contributed by atoms with Gasteiger partial charge >= 0.3 is 0 Å². The topological polar surface area (TPSA) is 37.8 Å². The van der Waals surface area contributed by atoms with E-state index in [1.165, 1.54) is 25.0 Å². The second-order valence-electron chi connectivity index (χ2n) is 5.00. The number of hydrogen-bond donors (Lipinski definition) is 1. The molecule has 2 rings (SSSR count). The van der Waals surface area contributed by atoms with Crippen molar-refractivity contribution in [1.29, 1.82) is 0 Å². The third-order valence-corrected chi connectivity index (χ3v) is 4.83. The SMILES string of the molecule is CCS[C@@H]1CC[C@H](N[C@H](C)c2nccnc2C)C1. The zero-order valence-electron chi connectivity index (χ0n) is 11.5. The third kappa shape index (κ3) is 3.45. The fourth-order valence-corrected chi connectivity index (χ4v) is 3.90. The van der Waals surface area contributed by atoms with Crippen LogP contribution in [0.2, 0.25) is 0 Å². The molecule has 3 nitrogen and oxygen atoms in total. The lowest BCUT2D eigenvalue weighted by Gasteiger charge is -2.20. The summed E-state index contributed by atoms with van der Waals surface area (Å²) in [5.74, 6) is 1.23. The van der Waals surface area contributed by atoms with E-state index in [4.69, 9.17) is 0 Å². The minimum absolute atomic E-state index is 0.300. The highest BCUT2D eigenvalue weighted by Gasteiger charge is 2.26. The first-order valence-electron chi connectivity index (χ1n) is 6.85. The maximum Gasteiger partial charge on any atom is 0.0782 e. The Balaban J connectivity index is 1.89. The number of thioether (sulfide) groups is 1. The van der Waals surface area contributed by atoms with E-state index in [1.54, 1.807) is 12.4 Å². The van der Waals surface area contributed by atoms with Crippen LogP contribution < -0.4 is 5.32 Å². The minimum atomic E-state index is 0.300. The second-order valence-corrected chi connectivity index (χ2v) is 6.58. The van der Waals surface area contributed by atoms with Crippen LogP contribution in [0.1, 0.15) is 50.5 Å². The molecule has 0 unspecified atom stereocenters. The molecule has 1 saturated carbocycles. The van der Waals surface area contributed by atoms with Crippen molar-refractivity contribution < 1.29 is 0 Å². The molecule has 18 heavy (non-hydrogen) atoms. The highest BCUT2D eigenvalue weighted by atomic mass is 32.2. The van der Waals surface area contributed by atoms with E-state index >= 15 is 0 Å². The van der Waals surface area contributed by atoms with Crippen LogP contribution in [0.15, 0.2) is 12.4 Å². The van der Waals surface area contributed by atoms with Crippen molar-refractivity contribution in [2.75, 3.05) is 5.75 Å². The van der Waals surface area contributed by atoms with Crippen LogP contribution in [-0.4, -0.2) is 27.0 Å². The molecule has 0 aliphatic heterocycles. The van der Waals surface area contributed by atoms with Gasteiger partial charge in [-0.15, -0.1) is 0 Å². The Morgan fingerprint density at radius 2 is 2.17 bits per heavy atom. The lowest BCUT2D eigenvalue weighted by molar-refractivity contribution is 0.453. The monoisotopic (exact) mass is 265 g/mol. The zero-order valence-corrected chi connectivity index (χ0v) is 12.3. The van der Waals surface area contributed by atoms with Crippen molar-refractivity contribution >= 4 is 11.8 Å². The molecule has 1 fully saturated rings. The van der Waals surface area contributed by atoms with E-state index < -0.39 is 0 Å². The summed E-state index contributed by atoms with van der Waals surface area (Å²) in [4.78, 5) is 8.76. The van der Waals surface area contributed by atoms with Crippen molar-refractivity contribution in [3.8, 4) is 0 Å². The van der Waals surface area contributed by atoms with Crippen molar-refractivity contribution in [2.24, 2.45) is 0 Å². The number of hydrogen-bond acceptors (Lipinski definition) is 4. The van der Waals surface area contributed by atoms with Gasteiger partial charge in [-0.05, 0) is 38.9 Å². The van der Waals surface area contributed by atoms with Gasteiger partial charge in [-0.25, -0.2) is 0 Å². The Bertz CT molecular complexity index is 383. The molecule has 0 amide bonds. The second kappa shape index (κ2) is 6.53. The van der Waals surface area contributed by atoms with Gasteiger partial charge in [-0.2, -0.15) is 11.8 Å². The average Bonchev–Trinajstić information content (AvgIpc) is 2.77. The molecular weight excluding hydrogens is 242 g/mol. The zero-order chi connectivity index (χ0) is 13.0. The van der Waals surface area contributed by atoms with Gasteiger partial charge in [-0.1, -0.05) is 6.92 Å². The van der Waals surface area contributed by atoms with Crippen LogP contribution in [0.5, 0.6) is 0 Å². The summed E-state index contributed by atoms with van der Waals surface area (Å²) in [5.41, 5.74) is 2.12. The molecule has 1 aromatic heterocycles. The molecule has 4 heteroatoms. The van der Waals surface area contributed by atoms with E-state index in [0.717, 1.165) is 16.6 Å². The molecule has 1 aromatic rings. The number of nitrogens with one attached hydrogen (secondary N) is 1. The molecule has 0 aromatic carbocycles. The third-order valence-electron chi connectivity index (χ3n) is 3.60. The van der Waals surface area contributed by atoms with Gasteiger partial charge in [0.2, 0.25) is 0 Å². The first-order chi connectivity index (χ1) is 8.70. The summed E-state index contributed by atoms with van der Waals surface area (Å²) in [5, 5.41) is 4.56. The molecule has 0 saturated heterocycles. The van der Waals surface area contributed by atoms with Crippen LogP contribution in [0, 0.1) is 6.92 Å². The minimum Gasteiger partial charge on any atom is -0.306 e. The van der Waals surface area contributed by atoms with Crippen LogP contribution in [0.25, 0.3) is 0 Å². The molecule has 1 N–H and O–H groups in total. The van der Waals surface area contributed by atoms with E-state index in [1.807, 2.05) is 6.92 Å². The highest BCUT2D eigenvalue weighted by molar-refractivity contribution is 7.99. The van der Waals surface area contributed by atoms with E-state index in [-0.39, 0.29) is 0 Å². The predicted molar refractivity (Wildman–Crippen MR) is 77.9 cm³/mol. The Labute approximate surface area is 114 Å². The van der Waals surface area contributed by atoms with Gasteiger partial charge in [0.1, 0.15) is 0 Å². The summed E-state index contributed by atoms with van der Waals surface area (Å²) in [6.07, 6.45) is 7.48. The molecule has 1 aliphatic carbocycles. The average molecular weight is 265 g/mol. The maximum atomic E-state index is 4.45. The largest absolute Gasteiger partial charge is 0.306 e. The summed E-state index contributed by atoms with van der Waals surface area (Å²) in [6, 6.07) is 0.944. The summed E-state index contributed by atoms with van der Waals surface area (Å²) in [6.45, 7) is 6.47. The van der Waals surface area contributed by atoms with E-state index in [0.29, 0.717) is 12.1 Å². The van der Waals surface area contributed by atoms with Crippen molar-refractivity contribution in [3.63, 3.8) is 0 Å². The van der Waals surface area contributed by atoms with Crippen molar-refractivity contribution in [3.05, 3.63) is 23.8 Å². The number of aromatic nitrogens is 2. The molecule has 0 spiro atoms. The number of nitrogens with zero attached hydrogens (tertiary/aromatic N) is 2. The Morgan fingerprint density at radius 3 is 2.89 bits per heavy atom. The van der Waals surface area contributed by atoms with Gasteiger partial charge < -0.3 is 5.32 Å². The van der Waals surface area contributed by atoms with Crippen LogP contribution in [0.4, 0.5) is 0 Å². The molecule has 3 atom stereocenters. The summed E-state index contributed by atoms with van der Waals surface area (Å²) in [7, 11) is 0. The van der Waals surface area contributed by atoms with Gasteiger partial charge in [0.15, 0.2) is 0 Å². The molecule has 100 valence electrons. The normalized spacial score (nSPS) is 25.3. The first kappa shape index (κ1) is 13.8. The lowest BCUT2D eigenvalue weighted by Crippen LogP contribution is -2.30.